The fourth-order valence-corrected chi connectivity index (χ4v) is 1.49. The number of aromatic amines is 1. The van der Waals surface area contributed by atoms with Crippen LogP contribution in [-0.4, -0.2) is 29.9 Å². The topological polar surface area (TPSA) is 84.3 Å². The van der Waals surface area contributed by atoms with E-state index in [0.717, 1.165) is 11.1 Å². The second kappa shape index (κ2) is 3.30. The molecule has 0 saturated heterocycles. The number of nitrogens with one attached hydrogen (secondary N) is 2. The van der Waals surface area contributed by atoms with Gasteiger partial charge in [-0.1, -0.05) is 0 Å². The van der Waals surface area contributed by atoms with Crippen LogP contribution in [0.4, 0.5) is 11.5 Å². The summed E-state index contributed by atoms with van der Waals surface area (Å²) in [5, 5.41) is 14.8. The van der Waals surface area contributed by atoms with Crippen LogP contribution in [0.1, 0.15) is 0 Å². The quantitative estimate of drug-likeness (QED) is 0.661. The van der Waals surface area contributed by atoms with E-state index in [0.29, 0.717) is 11.5 Å². The van der Waals surface area contributed by atoms with E-state index in [-0.39, 0.29) is 0 Å². The first-order chi connectivity index (χ1) is 7.83. The fourth-order valence-electron chi connectivity index (χ4n) is 1.49. The van der Waals surface area contributed by atoms with Gasteiger partial charge in [-0.05, 0) is 0 Å². The molecule has 0 amide bonds. The summed E-state index contributed by atoms with van der Waals surface area (Å²) in [7, 11) is 1.86. The second-order valence-electron chi connectivity index (χ2n) is 3.38. The highest BCUT2D eigenvalue weighted by atomic mass is 15.3. The number of nitrogens with zero attached hydrogens (tertiary/aromatic N) is 5. The Hall–Kier alpha value is -2.44. The van der Waals surface area contributed by atoms with Gasteiger partial charge in [0.2, 0.25) is 0 Å². The number of hydrogen-bond donors (Lipinski definition) is 2. The van der Waals surface area contributed by atoms with Gasteiger partial charge in [0, 0.05) is 13.2 Å². The third-order valence-electron chi connectivity index (χ3n) is 2.22. The van der Waals surface area contributed by atoms with Crippen LogP contribution in [0, 0.1) is 0 Å². The van der Waals surface area contributed by atoms with Crippen molar-refractivity contribution in [1.29, 1.82) is 0 Å². The molecule has 0 spiro atoms. The van der Waals surface area contributed by atoms with E-state index >= 15 is 0 Å². The van der Waals surface area contributed by atoms with Crippen LogP contribution >= 0.6 is 0 Å². The zero-order chi connectivity index (χ0) is 11.0. The Labute approximate surface area is 90.5 Å². The zero-order valence-electron chi connectivity index (χ0n) is 8.55. The van der Waals surface area contributed by atoms with Gasteiger partial charge >= 0.3 is 0 Å². The monoisotopic (exact) mass is 215 g/mol. The lowest BCUT2D eigenvalue weighted by Gasteiger charge is -2.01. The predicted octanol–water partition coefficient (Wildman–Crippen LogP) is 0.830. The molecule has 3 heterocycles. The van der Waals surface area contributed by atoms with Crippen LogP contribution in [0.25, 0.3) is 11.0 Å². The molecule has 0 atom stereocenters. The van der Waals surface area contributed by atoms with E-state index in [4.69, 9.17) is 0 Å². The van der Waals surface area contributed by atoms with Crippen molar-refractivity contribution in [2.45, 2.75) is 0 Å². The smallest absolute Gasteiger partial charge is 0.160 e. The van der Waals surface area contributed by atoms with E-state index in [1.54, 1.807) is 17.1 Å². The molecule has 3 aromatic rings. The van der Waals surface area contributed by atoms with Gasteiger partial charge in [-0.3, -0.25) is 9.78 Å². The van der Waals surface area contributed by atoms with Crippen molar-refractivity contribution >= 4 is 22.5 Å². The van der Waals surface area contributed by atoms with E-state index in [9.17, 15) is 0 Å². The minimum absolute atomic E-state index is 0.710. The Morgan fingerprint density at radius 3 is 3.06 bits per heavy atom. The zero-order valence-corrected chi connectivity index (χ0v) is 8.55. The van der Waals surface area contributed by atoms with E-state index in [1.165, 1.54) is 6.33 Å². The summed E-state index contributed by atoms with van der Waals surface area (Å²) < 4.78 is 1.72. The molecule has 16 heavy (non-hydrogen) atoms. The average Bonchev–Trinajstić information content (AvgIpc) is 2.87. The standard InChI is InChI=1S/C9H9N7/c1-16-4-6(2-13-16)14-8-7-3-12-15-9(7)11-5-10-8/h2-5H,1H3,(H2,10,11,12,14,15). The third-order valence-corrected chi connectivity index (χ3v) is 2.22. The van der Waals surface area contributed by atoms with Crippen molar-refractivity contribution in [3.8, 4) is 0 Å². The van der Waals surface area contributed by atoms with Gasteiger partial charge in [0.05, 0.1) is 23.5 Å². The van der Waals surface area contributed by atoms with Crippen molar-refractivity contribution in [3.63, 3.8) is 0 Å². The molecule has 80 valence electrons. The Kier molecular flexibility index (Phi) is 1.82. The van der Waals surface area contributed by atoms with Crippen LogP contribution in [0.5, 0.6) is 0 Å². The first-order valence-electron chi connectivity index (χ1n) is 4.73. The highest BCUT2D eigenvalue weighted by Gasteiger charge is 2.05. The predicted molar refractivity (Wildman–Crippen MR) is 58.2 cm³/mol. The normalized spacial score (nSPS) is 10.8. The molecule has 3 aromatic heterocycles. The Morgan fingerprint density at radius 2 is 2.25 bits per heavy atom. The van der Waals surface area contributed by atoms with Gasteiger partial charge < -0.3 is 5.32 Å². The summed E-state index contributed by atoms with van der Waals surface area (Å²) in [4.78, 5) is 8.22. The molecule has 7 heteroatoms. The second-order valence-corrected chi connectivity index (χ2v) is 3.38. The molecule has 0 radical (unpaired) electrons. The Morgan fingerprint density at radius 1 is 1.31 bits per heavy atom. The first kappa shape index (κ1) is 8.84. The molecule has 0 bridgehead atoms. The van der Waals surface area contributed by atoms with Gasteiger partial charge in [-0.2, -0.15) is 10.2 Å². The van der Waals surface area contributed by atoms with Crippen LogP contribution < -0.4 is 5.32 Å². The summed E-state index contributed by atoms with van der Waals surface area (Å²) in [6.45, 7) is 0. The summed E-state index contributed by atoms with van der Waals surface area (Å²) in [5.41, 5.74) is 1.59. The number of aryl methyl sites for hydroxylation is 1. The summed E-state index contributed by atoms with van der Waals surface area (Å²) in [6.07, 6.45) is 6.77. The lowest BCUT2D eigenvalue weighted by atomic mass is 10.4. The number of hydrogen-bond acceptors (Lipinski definition) is 5. The molecule has 0 aliphatic heterocycles. The molecule has 0 aromatic carbocycles. The molecular formula is C9H9N7. The van der Waals surface area contributed by atoms with Crippen molar-refractivity contribution in [2.75, 3.05) is 5.32 Å². The van der Waals surface area contributed by atoms with E-state index in [1.807, 2.05) is 13.2 Å². The summed E-state index contributed by atoms with van der Waals surface area (Å²) in [6, 6.07) is 0. The number of anilines is 2. The average molecular weight is 215 g/mol. The molecule has 0 aliphatic rings. The van der Waals surface area contributed by atoms with Gasteiger partial charge in [0.1, 0.15) is 12.1 Å². The van der Waals surface area contributed by atoms with Crippen LogP contribution in [0.3, 0.4) is 0 Å². The van der Waals surface area contributed by atoms with Crippen LogP contribution in [-0.2, 0) is 7.05 Å². The number of fused-ring (bicyclic) bond motifs is 1. The number of aromatic nitrogens is 6. The number of rotatable bonds is 2. The fraction of sp³-hybridized carbons (Fsp3) is 0.111. The highest BCUT2D eigenvalue weighted by Crippen LogP contribution is 2.20. The maximum atomic E-state index is 4.16. The van der Waals surface area contributed by atoms with E-state index < -0.39 is 0 Å². The molecule has 0 unspecified atom stereocenters. The highest BCUT2D eigenvalue weighted by molar-refractivity contribution is 5.87. The lowest BCUT2D eigenvalue weighted by Crippen LogP contribution is -1.94. The molecule has 7 nitrogen and oxygen atoms in total. The largest absolute Gasteiger partial charge is 0.337 e. The molecule has 0 aliphatic carbocycles. The SMILES string of the molecule is Cn1cc(Nc2ncnc3[nH]ncc23)cn1. The van der Waals surface area contributed by atoms with Crippen molar-refractivity contribution in [2.24, 2.45) is 7.05 Å². The molecular weight excluding hydrogens is 206 g/mol. The third kappa shape index (κ3) is 1.38. The minimum atomic E-state index is 0.710. The minimum Gasteiger partial charge on any atom is -0.337 e. The van der Waals surface area contributed by atoms with Crippen molar-refractivity contribution < 1.29 is 0 Å². The van der Waals surface area contributed by atoms with Crippen LogP contribution in [0.15, 0.2) is 24.9 Å². The van der Waals surface area contributed by atoms with Gasteiger partial charge in [-0.15, -0.1) is 0 Å². The summed E-state index contributed by atoms with van der Waals surface area (Å²) in [5.74, 6) is 0.715. The van der Waals surface area contributed by atoms with Crippen molar-refractivity contribution in [1.82, 2.24) is 29.9 Å². The molecule has 2 N–H and O–H groups in total. The Balaban J connectivity index is 2.03. The maximum absolute atomic E-state index is 4.16. The maximum Gasteiger partial charge on any atom is 0.160 e. The summed E-state index contributed by atoms with van der Waals surface area (Å²) >= 11 is 0. The number of H-pyrrole nitrogens is 1. The van der Waals surface area contributed by atoms with Crippen molar-refractivity contribution in [3.05, 3.63) is 24.9 Å². The molecule has 0 saturated carbocycles. The first-order valence-corrected chi connectivity index (χ1v) is 4.73. The Bertz CT molecular complexity index is 623. The molecule has 3 rings (SSSR count). The van der Waals surface area contributed by atoms with Gasteiger partial charge in [0.25, 0.3) is 0 Å². The van der Waals surface area contributed by atoms with Gasteiger partial charge in [-0.25, -0.2) is 9.97 Å². The lowest BCUT2D eigenvalue weighted by molar-refractivity contribution is 0.768. The molecule has 0 fully saturated rings. The van der Waals surface area contributed by atoms with Crippen LogP contribution in [0.2, 0.25) is 0 Å². The van der Waals surface area contributed by atoms with Gasteiger partial charge in [0.15, 0.2) is 5.65 Å². The van der Waals surface area contributed by atoms with E-state index in [2.05, 4.69) is 30.6 Å².